The van der Waals surface area contributed by atoms with Gasteiger partial charge in [0.1, 0.15) is 0 Å². The number of nitrogens with zero attached hydrogens (tertiary/aromatic N) is 2. The average molecular weight is 384 g/mol. The largest absolute Gasteiger partial charge is 0.399 e. The summed E-state index contributed by atoms with van der Waals surface area (Å²) >= 11 is 1.50. The Morgan fingerprint density at radius 2 is 2.22 bits per heavy atom. The summed E-state index contributed by atoms with van der Waals surface area (Å²) < 4.78 is 0. The van der Waals surface area contributed by atoms with Gasteiger partial charge in [-0.1, -0.05) is 6.92 Å². The van der Waals surface area contributed by atoms with E-state index in [-0.39, 0.29) is 5.91 Å². The predicted octanol–water partition coefficient (Wildman–Crippen LogP) is 3.93. The molecule has 1 aliphatic heterocycles. The fourth-order valence-corrected chi connectivity index (χ4v) is 4.49. The van der Waals surface area contributed by atoms with Gasteiger partial charge >= 0.3 is 0 Å². The lowest BCUT2D eigenvalue weighted by Gasteiger charge is -2.31. The second-order valence-corrected chi connectivity index (χ2v) is 8.00. The number of likely N-dealkylation sites (tertiary alicyclic amines) is 1. The summed E-state index contributed by atoms with van der Waals surface area (Å²) in [7, 11) is 0. The number of hydrogen-bond donors (Lipinski definition) is 3. The molecule has 0 radical (unpaired) electrons. The van der Waals surface area contributed by atoms with Crippen molar-refractivity contribution < 1.29 is 4.79 Å². The van der Waals surface area contributed by atoms with Crippen molar-refractivity contribution in [2.75, 3.05) is 24.1 Å². The van der Waals surface area contributed by atoms with Gasteiger partial charge in [-0.2, -0.15) is 0 Å². The normalized spacial score (nSPS) is 16.0. The number of anilines is 2. The van der Waals surface area contributed by atoms with Crippen LogP contribution in [0.1, 0.15) is 43.4 Å². The van der Waals surface area contributed by atoms with Crippen molar-refractivity contribution in [2.45, 2.75) is 38.6 Å². The van der Waals surface area contributed by atoms with Crippen molar-refractivity contribution in [3.63, 3.8) is 0 Å². The SMILES string of the molecule is CCC(=O)Nc1nc(CN2CCC(c3c[nH]c4ccc(N)cc34)CC2)cs1. The number of aromatic amines is 1. The second kappa shape index (κ2) is 7.70. The van der Waals surface area contributed by atoms with E-state index in [1.54, 1.807) is 0 Å². The molecule has 1 fully saturated rings. The zero-order valence-electron chi connectivity index (χ0n) is 15.5. The first-order valence-corrected chi connectivity index (χ1v) is 10.3. The molecule has 1 aromatic carbocycles. The first kappa shape index (κ1) is 18.0. The van der Waals surface area contributed by atoms with Crippen LogP contribution < -0.4 is 11.1 Å². The minimum atomic E-state index is 0.0103. The molecule has 142 valence electrons. The Balaban J connectivity index is 1.36. The van der Waals surface area contributed by atoms with Crippen LogP contribution in [0.25, 0.3) is 10.9 Å². The molecule has 27 heavy (non-hydrogen) atoms. The number of amides is 1. The number of benzene rings is 1. The molecular weight excluding hydrogens is 358 g/mol. The highest BCUT2D eigenvalue weighted by atomic mass is 32.1. The number of nitrogen functional groups attached to an aromatic ring is 1. The lowest BCUT2D eigenvalue weighted by atomic mass is 9.89. The van der Waals surface area contributed by atoms with E-state index < -0.39 is 0 Å². The van der Waals surface area contributed by atoms with Gasteiger partial charge in [0.2, 0.25) is 5.91 Å². The minimum Gasteiger partial charge on any atom is -0.399 e. The van der Waals surface area contributed by atoms with Crippen LogP contribution in [0, 0.1) is 0 Å². The van der Waals surface area contributed by atoms with Crippen LogP contribution in [0.15, 0.2) is 29.8 Å². The smallest absolute Gasteiger partial charge is 0.225 e. The third-order valence-electron chi connectivity index (χ3n) is 5.27. The fourth-order valence-electron chi connectivity index (χ4n) is 3.77. The molecule has 7 heteroatoms. The number of H-pyrrole nitrogens is 1. The molecule has 6 nitrogen and oxygen atoms in total. The molecule has 0 unspecified atom stereocenters. The second-order valence-electron chi connectivity index (χ2n) is 7.15. The Morgan fingerprint density at radius 3 is 3.00 bits per heavy atom. The number of nitrogens with two attached hydrogens (primary N) is 1. The molecule has 0 saturated carbocycles. The van der Waals surface area contributed by atoms with Gasteiger partial charge in [0.15, 0.2) is 5.13 Å². The van der Waals surface area contributed by atoms with Crippen LogP contribution in [0.3, 0.4) is 0 Å². The van der Waals surface area contributed by atoms with E-state index in [1.807, 2.05) is 18.4 Å². The van der Waals surface area contributed by atoms with E-state index in [1.165, 1.54) is 22.3 Å². The Hall–Kier alpha value is -2.38. The molecule has 3 aromatic rings. The predicted molar refractivity (Wildman–Crippen MR) is 111 cm³/mol. The van der Waals surface area contributed by atoms with E-state index >= 15 is 0 Å². The lowest BCUT2D eigenvalue weighted by molar-refractivity contribution is -0.115. The van der Waals surface area contributed by atoms with Gasteiger partial charge in [-0.15, -0.1) is 11.3 Å². The van der Waals surface area contributed by atoms with Crippen LogP contribution in [-0.4, -0.2) is 33.9 Å². The quantitative estimate of drug-likeness (QED) is 0.583. The van der Waals surface area contributed by atoms with Gasteiger partial charge in [0, 0.05) is 41.1 Å². The van der Waals surface area contributed by atoms with Crippen LogP contribution in [0.2, 0.25) is 0 Å². The Kier molecular flexibility index (Phi) is 5.13. The number of hydrogen-bond acceptors (Lipinski definition) is 5. The van der Waals surface area contributed by atoms with Crippen LogP contribution >= 0.6 is 11.3 Å². The van der Waals surface area contributed by atoms with Gasteiger partial charge < -0.3 is 16.0 Å². The number of nitrogens with one attached hydrogen (secondary N) is 2. The van der Waals surface area contributed by atoms with Gasteiger partial charge in [0.25, 0.3) is 0 Å². The maximum absolute atomic E-state index is 11.5. The molecule has 4 rings (SSSR count). The highest BCUT2D eigenvalue weighted by molar-refractivity contribution is 7.13. The zero-order valence-corrected chi connectivity index (χ0v) is 16.3. The maximum atomic E-state index is 11.5. The maximum Gasteiger partial charge on any atom is 0.225 e. The summed E-state index contributed by atoms with van der Waals surface area (Å²) in [6.45, 7) is 4.78. The summed E-state index contributed by atoms with van der Waals surface area (Å²) in [6.07, 6.45) is 4.88. The number of aromatic nitrogens is 2. The molecule has 0 atom stereocenters. The third-order valence-corrected chi connectivity index (χ3v) is 6.08. The molecule has 1 amide bonds. The number of thiazole rings is 1. The zero-order chi connectivity index (χ0) is 18.8. The highest BCUT2D eigenvalue weighted by Gasteiger charge is 2.23. The van der Waals surface area contributed by atoms with E-state index in [9.17, 15) is 4.79 Å². The van der Waals surface area contributed by atoms with Gasteiger partial charge in [0.05, 0.1) is 5.69 Å². The highest BCUT2D eigenvalue weighted by Crippen LogP contribution is 2.34. The molecule has 1 saturated heterocycles. The van der Waals surface area contributed by atoms with Crippen molar-refractivity contribution in [2.24, 2.45) is 0 Å². The van der Waals surface area contributed by atoms with Crippen LogP contribution in [0.4, 0.5) is 10.8 Å². The molecule has 2 aromatic heterocycles. The van der Waals surface area contributed by atoms with Crippen molar-refractivity contribution in [1.29, 1.82) is 0 Å². The van der Waals surface area contributed by atoms with Crippen LogP contribution in [0.5, 0.6) is 0 Å². The first-order chi connectivity index (χ1) is 13.1. The summed E-state index contributed by atoms with van der Waals surface area (Å²) in [6, 6.07) is 6.08. The van der Waals surface area contributed by atoms with Crippen LogP contribution in [-0.2, 0) is 11.3 Å². The molecular formula is C20H25N5OS. The topological polar surface area (TPSA) is 87.0 Å². The molecule has 1 aliphatic rings. The molecule has 0 aliphatic carbocycles. The van der Waals surface area contributed by atoms with E-state index in [0.29, 0.717) is 17.5 Å². The number of carbonyl (C=O) groups is 1. The minimum absolute atomic E-state index is 0.0103. The molecule has 3 heterocycles. The summed E-state index contributed by atoms with van der Waals surface area (Å²) in [5.74, 6) is 0.572. The first-order valence-electron chi connectivity index (χ1n) is 9.45. The summed E-state index contributed by atoms with van der Waals surface area (Å²) in [5.41, 5.74) is 10.4. The van der Waals surface area contributed by atoms with E-state index in [2.05, 4.69) is 38.5 Å². The number of fused-ring (bicyclic) bond motifs is 1. The van der Waals surface area contributed by atoms with Gasteiger partial charge in [-0.25, -0.2) is 4.98 Å². The van der Waals surface area contributed by atoms with Crippen molar-refractivity contribution in [1.82, 2.24) is 14.9 Å². The Labute approximate surface area is 162 Å². The molecule has 4 N–H and O–H groups in total. The van der Waals surface area contributed by atoms with Crippen molar-refractivity contribution in [3.05, 3.63) is 41.0 Å². The van der Waals surface area contributed by atoms with Crippen molar-refractivity contribution >= 4 is 39.0 Å². The lowest BCUT2D eigenvalue weighted by Crippen LogP contribution is -2.32. The van der Waals surface area contributed by atoms with E-state index in [4.69, 9.17) is 5.73 Å². The summed E-state index contributed by atoms with van der Waals surface area (Å²) in [4.78, 5) is 21.8. The molecule has 0 bridgehead atoms. The van der Waals surface area contributed by atoms with Gasteiger partial charge in [-0.3, -0.25) is 9.69 Å². The van der Waals surface area contributed by atoms with Crippen molar-refractivity contribution in [3.8, 4) is 0 Å². The standard InChI is InChI=1S/C20H25N5OS/c1-2-19(26)24-20-23-15(12-27-20)11-25-7-5-13(6-8-25)17-10-22-18-4-3-14(21)9-16(17)18/h3-4,9-10,12-13,22H,2,5-8,11,21H2,1H3,(H,23,24,26). The summed E-state index contributed by atoms with van der Waals surface area (Å²) in [5, 5.41) is 6.83. The number of rotatable bonds is 5. The number of carbonyl (C=O) groups excluding carboxylic acids is 1. The van der Waals surface area contributed by atoms with Gasteiger partial charge in [-0.05, 0) is 55.6 Å². The van der Waals surface area contributed by atoms with E-state index in [0.717, 1.165) is 49.4 Å². The fraction of sp³-hybridized carbons (Fsp3) is 0.400. The average Bonchev–Trinajstić information content (AvgIpc) is 3.29. The monoisotopic (exact) mass is 383 g/mol. The third kappa shape index (κ3) is 3.99. The Morgan fingerprint density at radius 1 is 1.41 bits per heavy atom. The Bertz CT molecular complexity index is 939. The number of piperidine rings is 1. The molecule has 0 spiro atoms.